The third kappa shape index (κ3) is 3.46. The lowest BCUT2D eigenvalue weighted by Gasteiger charge is -2.29. The second-order valence-electron chi connectivity index (χ2n) is 5.46. The molecule has 0 radical (unpaired) electrons. The molecule has 2 nitrogen and oxygen atoms in total. The maximum Gasteiger partial charge on any atom is 0.0469 e. The molecule has 2 unspecified atom stereocenters. The van der Waals surface area contributed by atoms with Crippen LogP contribution in [0.4, 0.5) is 0 Å². The molecular weight excluding hydrogens is 186 g/mol. The Morgan fingerprint density at radius 2 is 1.73 bits per heavy atom. The van der Waals surface area contributed by atoms with Crippen molar-refractivity contribution in [2.24, 2.45) is 17.8 Å². The fourth-order valence-electron chi connectivity index (χ4n) is 2.59. The molecule has 1 heterocycles. The summed E-state index contributed by atoms with van der Waals surface area (Å²) in [4.78, 5) is 0. The predicted octanol–water partition coefficient (Wildman–Crippen LogP) is 2.44. The summed E-state index contributed by atoms with van der Waals surface area (Å²) in [5, 5.41) is 3.72. The third-order valence-corrected chi connectivity index (χ3v) is 4.16. The van der Waals surface area contributed by atoms with Crippen LogP contribution in [0.5, 0.6) is 0 Å². The van der Waals surface area contributed by atoms with Gasteiger partial charge in [-0.25, -0.2) is 0 Å². The Morgan fingerprint density at radius 1 is 1.07 bits per heavy atom. The van der Waals surface area contributed by atoms with Gasteiger partial charge < -0.3 is 10.1 Å². The number of ether oxygens (including phenoxy) is 1. The molecule has 88 valence electrons. The molecule has 2 aliphatic rings. The van der Waals surface area contributed by atoms with E-state index < -0.39 is 0 Å². The highest BCUT2D eigenvalue weighted by molar-refractivity contribution is 4.82. The fourth-order valence-corrected chi connectivity index (χ4v) is 2.59. The van der Waals surface area contributed by atoms with Crippen LogP contribution in [0.25, 0.3) is 0 Å². The van der Waals surface area contributed by atoms with Gasteiger partial charge in [-0.2, -0.15) is 0 Å². The van der Waals surface area contributed by atoms with Crippen LogP contribution in [-0.2, 0) is 4.74 Å². The predicted molar refractivity (Wildman–Crippen MR) is 62.9 cm³/mol. The molecule has 1 saturated carbocycles. The van der Waals surface area contributed by atoms with E-state index in [0.29, 0.717) is 6.04 Å². The van der Waals surface area contributed by atoms with Gasteiger partial charge in [0.05, 0.1) is 0 Å². The molecule has 2 rings (SSSR count). The quantitative estimate of drug-likeness (QED) is 0.754. The van der Waals surface area contributed by atoms with Crippen LogP contribution in [0.1, 0.15) is 39.5 Å². The molecule has 0 amide bonds. The van der Waals surface area contributed by atoms with E-state index in [1.54, 1.807) is 0 Å². The Bertz CT molecular complexity index is 185. The Kier molecular flexibility index (Phi) is 4.04. The molecule has 1 aliphatic carbocycles. The second-order valence-corrected chi connectivity index (χ2v) is 5.46. The zero-order valence-corrected chi connectivity index (χ0v) is 10.2. The highest BCUT2D eigenvalue weighted by Crippen LogP contribution is 2.36. The van der Waals surface area contributed by atoms with Crippen molar-refractivity contribution < 1.29 is 4.74 Å². The minimum absolute atomic E-state index is 0.676. The average molecular weight is 211 g/mol. The number of rotatable bonds is 5. The highest BCUT2D eigenvalue weighted by atomic mass is 16.5. The lowest BCUT2D eigenvalue weighted by molar-refractivity contribution is 0.0554. The van der Waals surface area contributed by atoms with Crippen molar-refractivity contribution in [1.29, 1.82) is 0 Å². The molecule has 15 heavy (non-hydrogen) atoms. The van der Waals surface area contributed by atoms with Crippen molar-refractivity contribution in [3.05, 3.63) is 0 Å². The van der Waals surface area contributed by atoms with Crippen LogP contribution in [0.3, 0.4) is 0 Å². The smallest absolute Gasteiger partial charge is 0.0469 e. The molecule has 1 aliphatic heterocycles. The minimum Gasteiger partial charge on any atom is -0.381 e. The molecule has 0 aromatic rings. The average Bonchev–Trinajstić information content (AvgIpc) is 3.10. The fraction of sp³-hybridized carbons (Fsp3) is 1.00. The minimum atomic E-state index is 0.676. The van der Waals surface area contributed by atoms with E-state index in [4.69, 9.17) is 4.74 Å². The van der Waals surface area contributed by atoms with E-state index in [2.05, 4.69) is 19.2 Å². The lowest BCUT2D eigenvalue weighted by Crippen LogP contribution is -2.39. The Morgan fingerprint density at radius 3 is 2.33 bits per heavy atom. The maximum absolute atomic E-state index is 5.40. The highest BCUT2D eigenvalue weighted by Gasteiger charge is 2.28. The molecule has 2 atom stereocenters. The first kappa shape index (κ1) is 11.4. The molecule has 0 bridgehead atoms. The van der Waals surface area contributed by atoms with Crippen LogP contribution >= 0.6 is 0 Å². The second kappa shape index (κ2) is 5.31. The van der Waals surface area contributed by atoms with Crippen molar-refractivity contribution >= 4 is 0 Å². The van der Waals surface area contributed by atoms with Crippen LogP contribution in [0, 0.1) is 17.8 Å². The molecule has 0 aromatic carbocycles. The molecule has 0 spiro atoms. The van der Waals surface area contributed by atoms with Crippen LogP contribution in [-0.4, -0.2) is 25.8 Å². The van der Waals surface area contributed by atoms with Gasteiger partial charge in [0, 0.05) is 19.3 Å². The van der Waals surface area contributed by atoms with E-state index in [0.717, 1.165) is 31.0 Å². The van der Waals surface area contributed by atoms with Gasteiger partial charge in [-0.3, -0.25) is 0 Å². The van der Waals surface area contributed by atoms with E-state index in [9.17, 15) is 0 Å². The molecule has 2 heteroatoms. The van der Waals surface area contributed by atoms with Crippen molar-refractivity contribution in [3.63, 3.8) is 0 Å². The summed E-state index contributed by atoms with van der Waals surface area (Å²) in [6, 6.07) is 0.676. The zero-order chi connectivity index (χ0) is 10.7. The van der Waals surface area contributed by atoms with Crippen molar-refractivity contribution in [2.45, 2.75) is 45.6 Å². The van der Waals surface area contributed by atoms with Gasteiger partial charge in [0.2, 0.25) is 0 Å². The van der Waals surface area contributed by atoms with Gasteiger partial charge in [0.25, 0.3) is 0 Å². The molecule has 1 saturated heterocycles. The summed E-state index contributed by atoms with van der Waals surface area (Å²) >= 11 is 0. The van der Waals surface area contributed by atoms with Crippen molar-refractivity contribution in [3.8, 4) is 0 Å². The Hall–Kier alpha value is -0.0800. The van der Waals surface area contributed by atoms with E-state index >= 15 is 0 Å². The van der Waals surface area contributed by atoms with E-state index in [-0.39, 0.29) is 0 Å². The summed E-state index contributed by atoms with van der Waals surface area (Å²) in [5.41, 5.74) is 0. The summed E-state index contributed by atoms with van der Waals surface area (Å²) in [6.07, 6.45) is 5.42. The van der Waals surface area contributed by atoms with Gasteiger partial charge in [-0.1, -0.05) is 6.92 Å². The van der Waals surface area contributed by atoms with Gasteiger partial charge in [-0.05, 0) is 56.9 Å². The normalized spacial score (nSPS) is 27.6. The molecule has 2 fully saturated rings. The standard InChI is InChI=1S/C13H25NO/c1-10(12-3-4-12)9-14-11(2)13-5-7-15-8-6-13/h10-14H,3-9H2,1-2H3. The monoisotopic (exact) mass is 211 g/mol. The lowest BCUT2D eigenvalue weighted by atomic mass is 9.92. The maximum atomic E-state index is 5.40. The number of nitrogens with one attached hydrogen (secondary N) is 1. The molecule has 0 aromatic heterocycles. The summed E-state index contributed by atoms with van der Waals surface area (Å²) in [7, 11) is 0. The first-order valence-corrected chi connectivity index (χ1v) is 6.58. The summed E-state index contributed by atoms with van der Waals surface area (Å²) < 4.78 is 5.40. The Labute approximate surface area is 93.8 Å². The van der Waals surface area contributed by atoms with Crippen LogP contribution in [0.15, 0.2) is 0 Å². The van der Waals surface area contributed by atoms with Crippen LogP contribution < -0.4 is 5.32 Å². The zero-order valence-electron chi connectivity index (χ0n) is 10.2. The summed E-state index contributed by atoms with van der Waals surface area (Å²) in [6.45, 7) is 7.88. The SMILES string of the molecule is CC(CNC(C)C1CCOCC1)C1CC1. The number of hydrogen-bond acceptors (Lipinski definition) is 2. The molecular formula is C13H25NO. The van der Waals surface area contributed by atoms with Crippen molar-refractivity contribution in [1.82, 2.24) is 5.32 Å². The first-order valence-electron chi connectivity index (χ1n) is 6.58. The Balaban J connectivity index is 1.64. The largest absolute Gasteiger partial charge is 0.381 e. The number of hydrogen-bond donors (Lipinski definition) is 1. The van der Waals surface area contributed by atoms with Gasteiger partial charge in [0.15, 0.2) is 0 Å². The van der Waals surface area contributed by atoms with Gasteiger partial charge in [0.1, 0.15) is 0 Å². The third-order valence-electron chi connectivity index (χ3n) is 4.16. The van der Waals surface area contributed by atoms with E-state index in [1.165, 1.54) is 32.2 Å². The van der Waals surface area contributed by atoms with Crippen LogP contribution in [0.2, 0.25) is 0 Å². The molecule has 1 N–H and O–H groups in total. The van der Waals surface area contributed by atoms with E-state index in [1.807, 2.05) is 0 Å². The van der Waals surface area contributed by atoms with Crippen molar-refractivity contribution in [2.75, 3.05) is 19.8 Å². The first-order chi connectivity index (χ1) is 7.27. The topological polar surface area (TPSA) is 21.3 Å². The van der Waals surface area contributed by atoms with Gasteiger partial charge in [-0.15, -0.1) is 0 Å². The van der Waals surface area contributed by atoms with Gasteiger partial charge >= 0.3 is 0 Å². The summed E-state index contributed by atoms with van der Waals surface area (Å²) in [5.74, 6) is 2.75.